The van der Waals surface area contributed by atoms with Crippen LogP contribution in [-0.4, -0.2) is 25.8 Å². The van der Waals surface area contributed by atoms with Gasteiger partial charge in [-0.2, -0.15) is 0 Å². The molecule has 4 aromatic carbocycles. The lowest BCUT2D eigenvalue weighted by Gasteiger charge is -2.15. The Kier molecular flexibility index (Phi) is 7.54. The van der Waals surface area contributed by atoms with Gasteiger partial charge >= 0.3 is 5.97 Å². The van der Waals surface area contributed by atoms with Crippen molar-refractivity contribution >= 4 is 35.4 Å². The van der Waals surface area contributed by atoms with Crippen molar-refractivity contribution in [1.82, 2.24) is 14.8 Å². The maximum Gasteiger partial charge on any atom is 0.342 e. The van der Waals surface area contributed by atoms with Crippen LogP contribution in [0.4, 0.5) is 0 Å². The highest BCUT2D eigenvalue weighted by Gasteiger charge is 2.22. The summed E-state index contributed by atoms with van der Waals surface area (Å²) in [6.45, 7) is 0. The molecular formula is C33H22ClN3O3S. The molecule has 0 saturated heterocycles. The van der Waals surface area contributed by atoms with Gasteiger partial charge in [0.15, 0.2) is 0 Å². The first kappa shape index (κ1) is 26.4. The Morgan fingerprint density at radius 2 is 1.39 bits per heavy atom. The zero-order valence-corrected chi connectivity index (χ0v) is 23.1. The molecule has 6 rings (SSSR count). The van der Waals surface area contributed by atoms with Gasteiger partial charge < -0.3 is 14.1 Å². The van der Waals surface area contributed by atoms with Gasteiger partial charge in [-0.1, -0.05) is 90.5 Å². The van der Waals surface area contributed by atoms with Gasteiger partial charge in [-0.25, -0.2) is 4.79 Å². The van der Waals surface area contributed by atoms with Gasteiger partial charge in [-0.15, -0.1) is 10.2 Å². The lowest BCUT2D eigenvalue weighted by atomic mass is 10.1. The third-order valence-corrected chi connectivity index (χ3v) is 7.46. The Hall–Kier alpha value is -4.85. The molecule has 0 spiro atoms. The number of para-hydroxylation sites is 1. The first-order chi connectivity index (χ1) is 20.1. The lowest BCUT2D eigenvalue weighted by molar-refractivity contribution is -0.131. The number of hydrogen-bond acceptors (Lipinski definition) is 5. The van der Waals surface area contributed by atoms with E-state index in [2.05, 4.69) is 14.8 Å². The molecule has 2 aromatic heterocycles. The zero-order chi connectivity index (χ0) is 28.2. The van der Waals surface area contributed by atoms with Crippen LogP contribution in [0.5, 0.6) is 0 Å². The number of nitrogens with zero attached hydrogens (tertiary/aromatic N) is 3. The van der Waals surface area contributed by atoms with Gasteiger partial charge in [0.25, 0.3) is 5.22 Å². The second-order valence-corrected chi connectivity index (χ2v) is 10.5. The van der Waals surface area contributed by atoms with E-state index in [0.29, 0.717) is 10.6 Å². The highest BCUT2D eigenvalue weighted by molar-refractivity contribution is 8.03. The fourth-order valence-electron chi connectivity index (χ4n) is 4.53. The second kappa shape index (κ2) is 11.7. The molecule has 0 bridgehead atoms. The molecule has 0 aliphatic carbocycles. The number of aliphatic carboxylic acids is 1. The number of carboxylic acid groups (broad SMARTS) is 1. The Labute approximate surface area is 245 Å². The van der Waals surface area contributed by atoms with E-state index in [9.17, 15) is 9.90 Å². The van der Waals surface area contributed by atoms with Crippen LogP contribution in [0.1, 0.15) is 5.56 Å². The van der Waals surface area contributed by atoms with Crippen molar-refractivity contribution in [2.75, 3.05) is 0 Å². The Morgan fingerprint density at radius 3 is 2.02 bits per heavy atom. The number of carboxylic acids is 1. The third kappa shape index (κ3) is 5.72. The molecule has 1 N–H and O–H groups in total. The van der Waals surface area contributed by atoms with Gasteiger partial charge in [0.05, 0.1) is 11.4 Å². The monoisotopic (exact) mass is 575 g/mol. The summed E-state index contributed by atoms with van der Waals surface area (Å²) in [5, 5.41) is 19.1. The van der Waals surface area contributed by atoms with E-state index in [4.69, 9.17) is 16.0 Å². The van der Waals surface area contributed by atoms with Crippen LogP contribution in [0, 0.1) is 0 Å². The van der Waals surface area contributed by atoms with Gasteiger partial charge in [0.2, 0.25) is 5.89 Å². The minimum atomic E-state index is -1.10. The molecule has 0 atom stereocenters. The molecule has 41 heavy (non-hydrogen) atoms. The van der Waals surface area contributed by atoms with Crippen LogP contribution >= 0.6 is 23.4 Å². The molecule has 0 saturated carbocycles. The molecular weight excluding hydrogens is 554 g/mol. The van der Waals surface area contributed by atoms with E-state index >= 15 is 0 Å². The molecule has 6 aromatic rings. The molecule has 2 heterocycles. The van der Waals surface area contributed by atoms with E-state index in [1.165, 1.54) is 0 Å². The molecule has 6 nitrogen and oxygen atoms in total. The molecule has 0 unspecified atom stereocenters. The summed E-state index contributed by atoms with van der Waals surface area (Å²) in [6, 6.07) is 39.0. The standard InChI is InChI=1S/C33H22ClN3O3S/c34-26-18-16-24(17-19-26)31-35-36-33(40-31)41-29(32(38)39)21-25-20-28(22-10-4-1-5-11-22)37(27-14-8-3-9-15-27)30(25)23-12-6-2-7-13-23/h1-21H,(H,38,39)/b29-21-. The van der Waals surface area contributed by atoms with Crippen LogP contribution in [0.15, 0.2) is 136 Å². The van der Waals surface area contributed by atoms with Crippen LogP contribution < -0.4 is 0 Å². The van der Waals surface area contributed by atoms with Crippen molar-refractivity contribution in [3.63, 3.8) is 0 Å². The fourth-order valence-corrected chi connectivity index (χ4v) is 5.32. The van der Waals surface area contributed by atoms with Gasteiger partial charge in [0.1, 0.15) is 4.91 Å². The minimum Gasteiger partial charge on any atom is -0.477 e. The van der Waals surface area contributed by atoms with Gasteiger partial charge in [-0.3, -0.25) is 0 Å². The topological polar surface area (TPSA) is 81.1 Å². The van der Waals surface area contributed by atoms with Crippen molar-refractivity contribution < 1.29 is 14.3 Å². The number of hydrogen-bond donors (Lipinski definition) is 1. The van der Waals surface area contributed by atoms with Crippen LogP contribution in [0.25, 0.3) is 45.7 Å². The summed E-state index contributed by atoms with van der Waals surface area (Å²) in [6.07, 6.45) is 1.66. The summed E-state index contributed by atoms with van der Waals surface area (Å²) < 4.78 is 7.96. The highest BCUT2D eigenvalue weighted by atomic mass is 35.5. The number of halogens is 1. The van der Waals surface area contributed by atoms with E-state index in [-0.39, 0.29) is 16.0 Å². The maximum absolute atomic E-state index is 12.5. The second-order valence-electron chi connectivity index (χ2n) is 9.03. The molecule has 200 valence electrons. The van der Waals surface area contributed by atoms with Gasteiger partial charge in [-0.05, 0) is 71.4 Å². The maximum atomic E-state index is 12.5. The third-order valence-electron chi connectivity index (χ3n) is 6.35. The van der Waals surface area contributed by atoms with E-state index < -0.39 is 5.97 Å². The Balaban J connectivity index is 1.49. The lowest BCUT2D eigenvalue weighted by Crippen LogP contribution is -2.00. The number of carbonyl (C=O) groups is 1. The Bertz CT molecular complexity index is 1830. The molecule has 0 aliphatic rings. The smallest absolute Gasteiger partial charge is 0.342 e. The van der Waals surface area contributed by atoms with Crippen molar-refractivity contribution in [3.8, 4) is 39.7 Å². The highest BCUT2D eigenvalue weighted by Crippen LogP contribution is 2.39. The summed E-state index contributed by atoms with van der Waals surface area (Å²) >= 11 is 6.89. The minimum absolute atomic E-state index is 0.0401. The summed E-state index contributed by atoms with van der Waals surface area (Å²) in [4.78, 5) is 12.5. The first-order valence-corrected chi connectivity index (χ1v) is 13.9. The van der Waals surface area contributed by atoms with Crippen LogP contribution in [-0.2, 0) is 4.79 Å². The van der Waals surface area contributed by atoms with Crippen molar-refractivity contribution in [2.45, 2.75) is 5.22 Å². The SMILES string of the molecule is O=C(O)/C(=C/c1cc(-c2ccccc2)n(-c2ccccc2)c1-c1ccccc1)Sc1nnc(-c2ccc(Cl)cc2)o1. The van der Waals surface area contributed by atoms with E-state index in [0.717, 1.165) is 45.5 Å². The quantitative estimate of drug-likeness (QED) is 0.144. The van der Waals surface area contributed by atoms with Crippen molar-refractivity contribution in [3.05, 3.63) is 137 Å². The number of aromatic nitrogens is 3. The molecule has 0 amide bonds. The normalized spacial score (nSPS) is 11.5. The number of rotatable bonds is 8. The zero-order valence-electron chi connectivity index (χ0n) is 21.5. The van der Waals surface area contributed by atoms with E-state index in [1.807, 2.05) is 97.1 Å². The van der Waals surface area contributed by atoms with E-state index in [1.54, 1.807) is 30.3 Å². The number of thioether (sulfide) groups is 1. The summed E-state index contributed by atoms with van der Waals surface area (Å²) in [7, 11) is 0. The summed E-state index contributed by atoms with van der Waals surface area (Å²) in [5.74, 6) is -0.825. The van der Waals surface area contributed by atoms with Gasteiger partial charge in [0, 0.05) is 21.8 Å². The average Bonchev–Trinajstić information content (AvgIpc) is 3.63. The van der Waals surface area contributed by atoms with Crippen molar-refractivity contribution in [1.29, 1.82) is 0 Å². The Morgan fingerprint density at radius 1 is 0.780 bits per heavy atom. The van der Waals surface area contributed by atoms with Crippen LogP contribution in [0.2, 0.25) is 5.02 Å². The van der Waals surface area contributed by atoms with Crippen molar-refractivity contribution in [2.24, 2.45) is 0 Å². The molecule has 0 fully saturated rings. The van der Waals surface area contributed by atoms with Crippen LogP contribution in [0.3, 0.4) is 0 Å². The molecule has 0 aliphatic heterocycles. The number of benzene rings is 4. The molecule has 8 heteroatoms. The predicted molar refractivity (Wildman–Crippen MR) is 163 cm³/mol. The average molecular weight is 576 g/mol. The first-order valence-electron chi connectivity index (χ1n) is 12.7. The molecule has 0 radical (unpaired) electrons. The largest absolute Gasteiger partial charge is 0.477 e. The fraction of sp³-hybridized carbons (Fsp3) is 0. The predicted octanol–water partition coefficient (Wildman–Crippen LogP) is 8.73. The summed E-state index contributed by atoms with van der Waals surface area (Å²) in [5.41, 5.74) is 6.12.